The number of thiazole rings is 1. The molecule has 2 aromatic rings. The predicted octanol–water partition coefficient (Wildman–Crippen LogP) is 3.41. The Labute approximate surface area is 238 Å². The first-order valence-corrected chi connectivity index (χ1v) is 14.3. The number of oxime groups is 1. The van der Waals surface area contributed by atoms with Crippen LogP contribution in [0.15, 0.2) is 52.1 Å². The van der Waals surface area contributed by atoms with Gasteiger partial charge in [-0.25, -0.2) is 14.6 Å². The maximum Gasteiger partial charge on any atom is 0.352 e. The number of amides is 1. The number of β-lactam (4-membered cyclic amide) rings is 1. The van der Waals surface area contributed by atoms with Gasteiger partial charge in [0.2, 0.25) is 11.5 Å². The molecule has 4 rings (SSSR count). The molecule has 1 fully saturated rings. The number of hydrogen-bond acceptors (Lipinski definition) is 10. The smallest absolute Gasteiger partial charge is 0.352 e. The minimum atomic E-state index is -1.72. The van der Waals surface area contributed by atoms with Gasteiger partial charge in [0.25, 0.3) is 0 Å². The number of nitrogens with zero attached hydrogens (tertiary/aromatic N) is 3. The average Bonchev–Trinajstić information content (AvgIpc) is 3.35. The summed E-state index contributed by atoms with van der Waals surface area (Å²) >= 11 is 2.43. The monoisotopic (exact) mass is 584 g/mol. The maximum absolute atomic E-state index is 13.3. The summed E-state index contributed by atoms with van der Waals surface area (Å²) in [5.74, 6) is -4.08. The van der Waals surface area contributed by atoms with Gasteiger partial charge < -0.3 is 20.8 Å². The Morgan fingerprint density at radius 2 is 1.93 bits per heavy atom. The van der Waals surface area contributed by atoms with E-state index in [1.54, 1.807) is 6.08 Å². The van der Waals surface area contributed by atoms with Crippen molar-refractivity contribution in [2.24, 2.45) is 11.1 Å². The van der Waals surface area contributed by atoms with Gasteiger partial charge in [0, 0.05) is 17.6 Å². The molecule has 1 amide bonds. The van der Waals surface area contributed by atoms with Crippen LogP contribution in [-0.4, -0.2) is 66.2 Å². The van der Waals surface area contributed by atoms with Crippen LogP contribution < -0.4 is 5.73 Å². The summed E-state index contributed by atoms with van der Waals surface area (Å²) in [6.07, 6.45) is 4.14. The number of nitrogens with two attached hydrogens (primary N) is 1. The second kappa shape index (κ2) is 11.6. The molecule has 13 heteroatoms. The van der Waals surface area contributed by atoms with Crippen LogP contribution in [0, 0.1) is 5.92 Å². The predicted molar refractivity (Wildman–Crippen MR) is 152 cm³/mol. The molecule has 0 spiro atoms. The molecule has 2 aliphatic rings. The van der Waals surface area contributed by atoms with E-state index in [9.17, 15) is 29.4 Å². The Balaban J connectivity index is 1.54. The van der Waals surface area contributed by atoms with Gasteiger partial charge in [0.1, 0.15) is 11.4 Å². The van der Waals surface area contributed by atoms with Crippen LogP contribution in [0.3, 0.4) is 0 Å². The number of aryl methyl sites for hydroxylation is 1. The van der Waals surface area contributed by atoms with E-state index in [1.165, 1.54) is 41.5 Å². The van der Waals surface area contributed by atoms with E-state index in [1.807, 2.05) is 30.3 Å². The molecule has 2 aliphatic heterocycles. The fourth-order valence-electron chi connectivity index (χ4n) is 4.10. The first-order chi connectivity index (χ1) is 18.9. The van der Waals surface area contributed by atoms with E-state index >= 15 is 0 Å². The minimum absolute atomic E-state index is 0.0964. The molecule has 210 valence electrons. The van der Waals surface area contributed by atoms with Crippen molar-refractivity contribution in [3.05, 3.63) is 63.8 Å². The van der Waals surface area contributed by atoms with Crippen LogP contribution in [0.2, 0.25) is 0 Å². The number of fused-ring (bicyclic) bond motifs is 1. The zero-order chi connectivity index (χ0) is 29.2. The van der Waals surface area contributed by atoms with Crippen LogP contribution in [0.5, 0.6) is 0 Å². The van der Waals surface area contributed by atoms with E-state index in [0.29, 0.717) is 11.3 Å². The number of anilines is 1. The number of carboxylic acids is 2. The number of hydrogen-bond donors (Lipinski definition) is 3. The third-order valence-corrected chi connectivity index (χ3v) is 8.52. The number of carbonyl (C=O) groups excluding carboxylic acids is 2. The van der Waals surface area contributed by atoms with Gasteiger partial charge in [-0.05, 0) is 37.0 Å². The van der Waals surface area contributed by atoms with Crippen molar-refractivity contribution in [1.82, 2.24) is 9.88 Å². The number of aromatic nitrogens is 1. The summed E-state index contributed by atoms with van der Waals surface area (Å²) in [4.78, 5) is 60.5. The van der Waals surface area contributed by atoms with Crippen molar-refractivity contribution >= 4 is 63.6 Å². The largest absolute Gasteiger partial charge is 0.478 e. The number of thioether (sulfide) groups is 1. The highest BCUT2D eigenvalue weighted by Crippen LogP contribution is 2.45. The lowest BCUT2D eigenvalue weighted by molar-refractivity contribution is -0.161. The molecule has 2 atom stereocenters. The summed E-state index contributed by atoms with van der Waals surface area (Å²) in [6.45, 7) is 4.61. The first kappa shape index (κ1) is 29.0. The molecule has 4 N–H and O–H groups in total. The van der Waals surface area contributed by atoms with Crippen LogP contribution in [0.25, 0.3) is 6.08 Å². The lowest BCUT2D eigenvalue weighted by atomic mass is 9.89. The van der Waals surface area contributed by atoms with Crippen molar-refractivity contribution in [2.75, 3.05) is 11.5 Å². The maximum atomic E-state index is 13.3. The van der Waals surface area contributed by atoms with E-state index in [-0.39, 0.29) is 28.7 Å². The van der Waals surface area contributed by atoms with Gasteiger partial charge >= 0.3 is 11.9 Å². The molecule has 1 aromatic carbocycles. The number of rotatable bonds is 11. The summed E-state index contributed by atoms with van der Waals surface area (Å²) in [7, 11) is 0. The van der Waals surface area contributed by atoms with Crippen molar-refractivity contribution in [3.63, 3.8) is 0 Å². The Hall–Kier alpha value is -3.97. The number of allylic oxidation sites excluding steroid dienone is 1. The number of nitrogen functional groups attached to an aromatic ring is 1. The van der Waals surface area contributed by atoms with E-state index in [0.717, 1.165) is 23.3 Å². The number of ketones is 1. The number of benzene rings is 1. The molecule has 0 radical (unpaired) electrons. The first-order valence-electron chi connectivity index (χ1n) is 12.3. The quantitative estimate of drug-likeness (QED) is 0.202. The summed E-state index contributed by atoms with van der Waals surface area (Å²) in [6, 6.07) is 7.90. The van der Waals surface area contributed by atoms with Crippen LogP contribution in [-0.2, 0) is 30.4 Å². The van der Waals surface area contributed by atoms with E-state index in [2.05, 4.69) is 17.1 Å². The summed E-state index contributed by atoms with van der Waals surface area (Å²) < 4.78 is 0. The highest BCUT2D eigenvalue weighted by Gasteiger charge is 2.54. The SMILES string of the molecule is CCc1ccc(C=CC2=C(C(=O)O)N3C(=O)[C@@H](CC(=O)/C(=N\OC(C)(C)C(=O)O)c4csc(N)n4)[C@H]3SC2)cc1. The summed E-state index contributed by atoms with van der Waals surface area (Å²) in [5, 5.41) is 24.1. The van der Waals surface area contributed by atoms with E-state index < -0.39 is 40.5 Å². The lowest BCUT2D eigenvalue weighted by Crippen LogP contribution is -2.62. The van der Waals surface area contributed by atoms with Gasteiger partial charge in [0.05, 0.1) is 11.3 Å². The third kappa shape index (κ3) is 5.94. The summed E-state index contributed by atoms with van der Waals surface area (Å²) in [5.41, 5.74) is 6.30. The van der Waals surface area contributed by atoms with Gasteiger partial charge in [0.15, 0.2) is 16.6 Å². The zero-order valence-electron chi connectivity index (χ0n) is 22.0. The minimum Gasteiger partial charge on any atom is -0.478 e. The highest BCUT2D eigenvalue weighted by molar-refractivity contribution is 8.00. The van der Waals surface area contributed by atoms with Crippen molar-refractivity contribution < 1.29 is 34.2 Å². The molecule has 1 aromatic heterocycles. The third-order valence-electron chi connectivity index (χ3n) is 6.49. The van der Waals surface area contributed by atoms with Crippen molar-refractivity contribution in [3.8, 4) is 0 Å². The number of carbonyl (C=O) groups is 4. The van der Waals surface area contributed by atoms with Crippen LogP contribution in [0.4, 0.5) is 5.13 Å². The topological polar surface area (TPSA) is 172 Å². The molecule has 40 heavy (non-hydrogen) atoms. The fraction of sp³-hybridized carbons (Fsp3) is 0.333. The molecule has 11 nitrogen and oxygen atoms in total. The van der Waals surface area contributed by atoms with Gasteiger partial charge in [-0.2, -0.15) is 0 Å². The Morgan fingerprint density at radius 1 is 1.23 bits per heavy atom. The Morgan fingerprint density at radius 3 is 2.50 bits per heavy atom. The lowest BCUT2D eigenvalue weighted by Gasteiger charge is -2.49. The van der Waals surface area contributed by atoms with Crippen LogP contribution in [0.1, 0.15) is 44.0 Å². The normalized spacial score (nSPS) is 19.4. The number of aliphatic carboxylic acids is 2. The molecular formula is C27H28N4O7S2. The highest BCUT2D eigenvalue weighted by atomic mass is 32.2. The molecule has 3 heterocycles. The number of carboxylic acid groups (broad SMARTS) is 2. The second-order valence-corrected chi connectivity index (χ2v) is 11.7. The molecule has 0 saturated carbocycles. The van der Waals surface area contributed by atoms with E-state index in [4.69, 9.17) is 10.6 Å². The molecule has 0 bridgehead atoms. The Bertz CT molecular complexity index is 1440. The van der Waals surface area contributed by atoms with Crippen molar-refractivity contribution in [1.29, 1.82) is 0 Å². The molecule has 0 unspecified atom stereocenters. The molecule has 0 aliphatic carbocycles. The van der Waals surface area contributed by atoms with Gasteiger partial charge in [-0.3, -0.25) is 14.5 Å². The average molecular weight is 585 g/mol. The molecular weight excluding hydrogens is 556 g/mol. The Kier molecular flexibility index (Phi) is 8.45. The van der Waals surface area contributed by atoms with Gasteiger partial charge in [-0.1, -0.05) is 48.5 Å². The molecule has 1 saturated heterocycles. The fourth-order valence-corrected chi connectivity index (χ4v) is 6.03. The van der Waals surface area contributed by atoms with Crippen LogP contribution >= 0.6 is 23.1 Å². The van der Waals surface area contributed by atoms with Gasteiger partial charge in [-0.15, -0.1) is 23.1 Å². The van der Waals surface area contributed by atoms with Crippen molar-refractivity contribution in [2.45, 2.75) is 44.6 Å². The zero-order valence-corrected chi connectivity index (χ0v) is 23.6. The standard InChI is InChI=1S/C27H28N4O7S2/c1-4-14-5-7-15(8-6-14)9-10-16-12-39-23-17(22(33)31(23)21(16)24(34)35)11-19(32)20(18-13-40-26(28)29-18)30-38-27(2,3)25(36)37/h5-10,13,17,23H,4,11-12H2,1-3H3,(H2,28,29)(H,34,35)(H,36,37)/b10-9?,30-20-/t17-,23-/m1/s1. The number of Topliss-reactive ketones (excluding diaryl/α,β-unsaturated/α-hetero) is 1. The second-order valence-electron chi connectivity index (χ2n) is 9.67.